The Morgan fingerprint density at radius 2 is 1.78 bits per heavy atom. The highest BCUT2D eigenvalue weighted by molar-refractivity contribution is 6.04. The van der Waals surface area contributed by atoms with Gasteiger partial charge in [0.05, 0.1) is 37.7 Å². The number of ether oxygens (including phenoxy) is 4. The van der Waals surface area contributed by atoms with Crippen molar-refractivity contribution < 1.29 is 33.1 Å². The first kappa shape index (κ1) is 30.7. The Hall–Kier alpha value is -5.63. The first-order valence-electron chi connectivity index (χ1n) is 16.2. The molecule has 0 bridgehead atoms. The molecule has 3 aromatic heterocycles. The van der Waals surface area contributed by atoms with Crippen molar-refractivity contribution in [2.75, 3.05) is 37.2 Å². The molecule has 14 heteroatoms. The lowest BCUT2D eigenvalue weighted by Gasteiger charge is -2.34. The number of nitrogens with zero attached hydrogens (tertiary/aromatic N) is 5. The van der Waals surface area contributed by atoms with E-state index in [-0.39, 0.29) is 41.8 Å². The van der Waals surface area contributed by atoms with Crippen molar-refractivity contribution in [1.29, 1.82) is 0 Å². The predicted molar refractivity (Wildman–Crippen MR) is 178 cm³/mol. The van der Waals surface area contributed by atoms with Gasteiger partial charge in [0.2, 0.25) is 0 Å². The van der Waals surface area contributed by atoms with E-state index in [9.17, 15) is 14.4 Å². The average molecular weight is 667 g/mol. The second-order valence-electron chi connectivity index (χ2n) is 12.3. The van der Waals surface area contributed by atoms with Gasteiger partial charge in [0, 0.05) is 37.0 Å². The Balaban J connectivity index is 0.960. The van der Waals surface area contributed by atoms with Gasteiger partial charge in [-0.25, -0.2) is 9.78 Å². The number of methoxy groups -OCH3 is 2. The van der Waals surface area contributed by atoms with Gasteiger partial charge in [-0.1, -0.05) is 17.3 Å². The number of benzene rings is 2. The third-order valence-electron chi connectivity index (χ3n) is 9.59. The summed E-state index contributed by atoms with van der Waals surface area (Å²) in [6, 6.07) is 16.4. The van der Waals surface area contributed by atoms with Crippen molar-refractivity contribution in [2.45, 2.75) is 50.5 Å². The zero-order valence-electron chi connectivity index (χ0n) is 27.0. The highest BCUT2D eigenvalue weighted by atomic mass is 16.6. The van der Waals surface area contributed by atoms with Crippen molar-refractivity contribution in [2.24, 2.45) is 0 Å². The molecule has 1 saturated heterocycles. The first-order valence-corrected chi connectivity index (χ1v) is 16.2. The van der Waals surface area contributed by atoms with E-state index in [1.165, 1.54) is 6.26 Å². The molecule has 5 heterocycles. The van der Waals surface area contributed by atoms with Gasteiger partial charge in [0.25, 0.3) is 11.5 Å². The molecule has 1 N–H and O–H groups in total. The summed E-state index contributed by atoms with van der Waals surface area (Å²) < 4.78 is 29.1. The molecular formula is C35H34N6O8. The molecule has 5 aromatic rings. The van der Waals surface area contributed by atoms with E-state index < -0.39 is 6.09 Å². The molecule has 2 amide bonds. The van der Waals surface area contributed by atoms with Crippen LogP contribution in [0.3, 0.4) is 0 Å². The average Bonchev–Trinajstić information content (AvgIpc) is 3.75. The molecule has 1 saturated carbocycles. The Kier molecular flexibility index (Phi) is 7.79. The van der Waals surface area contributed by atoms with E-state index in [0.29, 0.717) is 61.0 Å². The molecule has 2 aromatic carbocycles. The minimum Gasteiger partial charge on any atom is -0.497 e. The lowest BCUT2D eigenvalue weighted by atomic mass is 9.88. The van der Waals surface area contributed by atoms with Gasteiger partial charge in [-0.15, -0.1) is 0 Å². The SMILES string of the molecule is COc1ccc(CN2C(=O)COc3ccc(N4C(=O)O[C@@H]5C[C@@H](NCCn6c(=O)c7nocc7c7ccc(OC)cc76)CC[C@@H]54)nc32)cc1. The molecule has 2 aliphatic heterocycles. The van der Waals surface area contributed by atoms with Crippen LogP contribution < -0.4 is 34.9 Å². The van der Waals surface area contributed by atoms with Gasteiger partial charge in [0.15, 0.2) is 23.7 Å². The van der Waals surface area contributed by atoms with Crippen LogP contribution in [0.4, 0.5) is 16.4 Å². The quantitative estimate of drug-likeness (QED) is 0.243. The van der Waals surface area contributed by atoms with Gasteiger partial charge in [-0.3, -0.25) is 19.4 Å². The second kappa shape index (κ2) is 12.4. The predicted octanol–water partition coefficient (Wildman–Crippen LogP) is 4.02. The highest BCUT2D eigenvalue weighted by Gasteiger charge is 2.47. The van der Waals surface area contributed by atoms with Gasteiger partial charge >= 0.3 is 6.09 Å². The molecule has 0 spiro atoms. The highest BCUT2D eigenvalue weighted by Crippen LogP contribution is 2.39. The third kappa shape index (κ3) is 5.47. The fourth-order valence-corrected chi connectivity index (χ4v) is 7.09. The Labute approximate surface area is 280 Å². The van der Waals surface area contributed by atoms with Crippen molar-refractivity contribution >= 4 is 45.4 Å². The standard InChI is InChI=1S/C35H34N6O8/c1-45-22-6-3-20(4-7-22)17-40-31(42)19-47-28-11-12-30(37-33(28)40)41-26-10-5-21(15-29(26)49-35(41)44)36-13-14-39-27-16-23(46-2)8-9-24(27)25-18-48-38-32(25)34(39)43/h3-4,6-9,11-12,16,18,21,26,29,36H,5,10,13-15,17,19H2,1-2H3/t21-,26-,29+/m0/s1. The summed E-state index contributed by atoms with van der Waals surface area (Å²) in [6.07, 6.45) is 2.75. The Morgan fingerprint density at radius 1 is 0.959 bits per heavy atom. The summed E-state index contributed by atoms with van der Waals surface area (Å²) in [7, 11) is 3.19. The molecule has 252 valence electrons. The molecular weight excluding hydrogens is 632 g/mol. The number of aromatic nitrogens is 3. The maximum Gasteiger partial charge on any atom is 0.416 e. The second-order valence-corrected chi connectivity index (χ2v) is 12.3. The Bertz CT molecular complexity index is 2130. The zero-order valence-corrected chi connectivity index (χ0v) is 27.0. The van der Waals surface area contributed by atoms with Crippen molar-refractivity contribution in [3.8, 4) is 17.2 Å². The number of carbonyl (C=O) groups excluding carboxylic acids is 2. The molecule has 8 rings (SSSR count). The summed E-state index contributed by atoms with van der Waals surface area (Å²) in [5.74, 6) is 2.39. The Morgan fingerprint density at radius 3 is 2.59 bits per heavy atom. The zero-order chi connectivity index (χ0) is 33.6. The fourth-order valence-electron chi connectivity index (χ4n) is 7.09. The molecule has 3 aliphatic rings. The molecule has 3 atom stereocenters. The van der Waals surface area contributed by atoms with E-state index in [1.807, 2.05) is 42.5 Å². The molecule has 14 nitrogen and oxygen atoms in total. The van der Waals surface area contributed by atoms with Gasteiger partial charge in [-0.05, 0) is 54.8 Å². The molecule has 0 unspecified atom stereocenters. The number of hydrogen-bond acceptors (Lipinski definition) is 11. The molecule has 0 radical (unpaired) electrons. The van der Waals surface area contributed by atoms with Crippen molar-refractivity contribution in [3.63, 3.8) is 0 Å². The van der Waals surface area contributed by atoms with Crippen LogP contribution in [0.2, 0.25) is 0 Å². The molecule has 49 heavy (non-hydrogen) atoms. The summed E-state index contributed by atoms with van der Waals surface area (Å²) in [4.78, 5) is 47.5. The number of fused-ring (bicyclic) bond motifs is 5. The van der Waals surface area contributed by atoms with Gasteiger partial charge in [0.1, 0.15) is 29.7 Å². The van der Waals surface area contributed by atoms with Crippen LogP contribution in [0.5, 0.6) is 17.2 Å². The number of rotatable bonds is 9. The van der Waals surface area contributed by atoms with Crippen LogP contribution in [-0.2, 0) is 22.6 Å². The van der Waals surface area contributed by atoms with E-state index in [2.05, 4.69) is 10.5 Å². The number of anilines is 2. The minimum atomic E-state index is -0.472. The number of nitrogens with one attached hydrogen (secondary N) is 1. The van der Waals surface area contributed by atoms with E-state index in [4.69, 9.17) is 28.5 Å². The minimum absolute atomic E-state index is 0.0729. The van der Waals surface area contributed by atoms with Crippen molar-refractivity contribution in [1.82, 2.24) is 20.0 Å². The third-order valence-corrected chi connectivity index (χ3v) is 9.59. The van der Waals surface area contributed by atoms with Crippen LogP contribution in [0, 0.1) is 0 Å². The maximum absolute atomic E-state index is 13.4. The maximum atomic E-state index is 13.4. The summed E-state index contributed by atoms with van der Waals surface area (Å²) in [5.41, 5.74) is 1.68. The summed E-state index contributed by atoms with van der Waals surface area (Å²) in [6.45, 7) is 1.11. The van der Waals surface area contributed by atoms with Crippen LogP contribution >= 0.6 is 0 Å². The van der Waals surface area contributed by atoms with E-state index in [0.717, 1.165) is 28.6 Å². The lowest BCUT2D eigenvalue weighted by Crippen LogP contribution is -2.47. The van der Waals surface area contributed by atoms with Crippen LogP contribution in [0.25, 0.3) is 21.8 Å². The molecule has 2 fully saturated rings. The normalized spacial score (nSPS) is 20.2. The number of pyridine rings is 2. The number of amides is 2. The van der Waals surface area contributed by atoms with E-state index in [1.54, 1.807) is 40.7 Å². The van der Waals surface area contributed by atoms with Crippen LogP contribution in [0.1, 0.15) is 24.8 Å². The van der Waals surface area contributed by atoms with Crippen LogP contribution in [-0.4, -0.2) is 72.3 Å². The smallest absolute Gasteiger partial charge is 0.416 e. The van der Waals surface area contributed by atoms with Crippen molar-refractivity contribution in [3.05, 3.63) is 76.8 Å². The first-order chi connectivity index (χ1) is 23.9. The van der Waals surface area contributed by atoms with Gasteiger partial charge < -0.3 is 33.4 Å². The van der Waals surface area contributed by atoms with Crippen LogP contribution in [0.15, 0.2) is 70.2 Å². The number of carbonyl (C=O) groups is 2. The van der Waals surface area contributed by atoms with Gasteiger partial charge in [-0.2, -0.15) is 0 Å². The summed E-state index contributed by atoms with van der Waals surface area (Å²) >= 11 is 0. The van der Waals surface area contributed by atoms with E-state index >= 15 is 0 Å². The lowest BCUT2D eigenvalue weighted by molar-refractivity contribution is -0.121. The number of hydrogen-bond donors (Lipinski definition) is 1. The topological polar surface area (TPSA) is 150 Å². The summed E-state index contributed by atoms with van der Waals surface area (Å²) in [5, 5.41) is 9.03. The molecule has 1 aliphatic carbocycles. The fraction of sp³-hybridized carbons (Fsp3) is 0.343. The largest absolute Gasteiger partial charge is 0.497 e. The monoisotopic (exact) mass is 666 g/mol.